The van der Waals surface area contributed by atoms with Gasteiger partial charge in [-0.15, -0.1) is 0 Å². The van der Waals surface area contributed by atoms with Crippen LogP contribution in [0.4, 0.5) is 5.69 Å². The molecule has 0 aliphatic rings. The Balaban J connectivity index is 2.39. The number of nitrogens with one attached hydrogen (secondary N) is 1. The summed E-state index contributed by atoms with van der Waals surface area (Å²) >= 11 is 0. The van der Waals surface area contributed by atoms with Crippen molar-refractivity contribution in [1.82, 2.24) is 5.32 Å². The molecule has 0 spiro atoms. The van der Waals surface area contributed by atoms with E-state index in [1.54, 1.807) is 32.2 Å². The normalized spacial score (nSPS) is 13.1. The number of amides is 1. The van der Waals surface area contributed by atoms with E-state index in [2.05, 4.69) is 5.32 Å². The smallest absolute Gasteiger partial charge is 0.244 e. The lowest BCUT2D eigenvalue weighted by Crippen LogP contribution is -2.48. The number of ether oxygens (including phenoxy) is 3. The molecule has 0 heterocycles. The maximum absolute atomic E-state index is 13.0. The lowest BCUT2D eigenvalue weighted by molar-refractivity contribution is -0.122. The van der Waals surface area contributed by atoms with Gasteiger partial charge in [-0.1, -0.05) is 18.2 Å². The van der Waals surface area contributed by atoms with E-state index in [0.717, 1.165) is 16.1 Å². The van der Waals surface area contributed by atoms with E-state index in [4.69, 9.17) is 14.2 Å². The second-order valence-electron chi connectivity index (χ2n) is 6.74. The van der Waals surface area contributed by atoms with E-state index in [-0.39, 0.29) is 5.69 Å². The van der Waals surface area contributed by atoms with Crippen molar-refractivity contribution < 1.29 is 27.4 Å². The highest BCUT2D eigenvalue weighted by Crippen LogP contribution is 2.35. The molecule has 0 aliphatic carbocycles. The largest absolute Gasteiger partial charge is 0.497 e. The molecular formula is C21H28N2O6S. The summed E-state index contributed by atoms with van der Waals surface area (Å²) in [6, 6.07) is 10.6. The highest BCUT2D eigenvalue weighted by molar-refractivity contribution is 7.92. The fraction of sp³-hybridized carbons (Fsp3) is 0.381. The minimum Gasteiger partial charge on any atom is -0.497 e. The summed E-state index contributed by atoms with van der Waals surface area (Å²) in [5.74, 6) is 0.907. The Hall–Kier alpha value is -2.94. The van der Waals surface area contributed by atoms with E-state index in [1.807, 2.05) is 18.2 Å². The molecule has 0 saturated carbocycles. The number of benzene rings is 2. The standard InChI is InChI=1S/C21H28N2O6S/c1-14(17-9-7-8-10-19(17)28-4)22-21(24)15(2)23(30(6,25)26)18-13-16(27-3)11-12-20(18)29-5/h7-15H,1-6H3,(H,22,24). The van der Waals surface area contributed by atoms with Crippen LogP contribution in [0, 0.1) is 0 Å². The van der Waals surface area contributed by atoms with Crippen LogP contribution in [0.15, 0.2) is 42.5 Å². The predicted octanol–water partition coefficient (Wildman–Crippen LogP) is 2.74. The van der Waals surface area contributed by atoms with Crippen molar-refractivity contribution in [3.8, 4) is 17.2 Å². The number of methoxy groups -OCH3 is 3. The zero-order chi connectivity index (χ0) is 22.5. The maximum atomic E-state index is 13.0. The minimum absolute atomic E-state index is 0.215. The van der Waals surface area contributed by atoms with Crippen LogP contribution in [0.5, 0.6) is 17.2 Å². The molecule has 30 heavy (non-hydrogen) atoms. The number of para-hydroxylation sites is 1. The summed E-state index contributed by atoms with van der Waals surface area (Å²) in [7, 11) is 0.636. The average molecular weight is 437 g/mol. The Kier molecular flexibility index (Phi) is 7.55. The first-order valence-electron chi connectivity index (χ1n) is 9.28. The van der Waals surface area contributed by atoms with E-state index in [9.17, 15) is 13.2 Å². The maximum Gasteiger partial charge on any atom is 0.244 e. The molecule has 0 aliphatic heterocycles. The molecule has 1 N–H and O–H groups in total. The highest BCUT2D eigenvalue weighted by Gasteiger charge is 2.32. The lowest BCUT2D eigenvalue weighted by Gasteiger charge is -2.30. The molecule has 164 valence electrons. The molecule has 1 amide bonds. The average Bonchev–Trinajstić information content (AvgIpc) is 2.72. The highest BCUT2D eigenvalue weighted by atomic mass is 32.2. The number of rotatable bonds is 9. The van der Waals surface area contributed by atoms with Gasteiger partial charge >= 0.3 is 0 Å². The first-order valence-corrected chi connectivity index (χ1v) is 11.1. The predicted molar refractivity (Wildman–Crippen MR) is 116 cm³/mol. The van der Waals surface area contributed by atoms with Gasteiger partial charge in [0.25, 0.3) is 0 Å². The zero-order valence-electron chi connectivity index (χ0n) is 18.0. The molecule has 0 saturated heterocycles. The number of carbonyl (C=O) groups is 1. The molecule has 0 fully saturated rings. The Morgan fingerprint density at radius 2 is 1.60 bits per heavy atom. The summed E-state index contributed by atoms with van der Waals surface area (Å²) in [5.41, 5.74) is 0.998. The van der Waals surface area contributed by atoms with Gasteiger partial charge in [0.1, 0.15) is 23.3 Å². The third-order valence-corrected chi connectivity index (χ3v) is 5.90. The Morgan fingerprint density at radius 1 is 0.967 bits per heavy atom. The van der Waals surface area contributed by atoms with Crippen LogP contribution in [0.2, 0.25) is 0 Å². The zero-order valence-corrected chi connectivity index (χ0v) is 18.8. The molecular weight excluding hydrogens is 408 g/mol. The number of nitrogens with zero attached hydrogens (tertiary/aromatic N) is 1. The molecule has 2 aromatic carbocycles. The van der Waals surface area contributed by atoms with Gasteiger partial charge in [0, 0.05) is 11.6 Å². The molecule has 2 rings (SSSR count). The van der Waals surface area contributed by atoms with E-state index >= 15 is 0 Å². The van der Waals surface area contributed by atoms with Gasteiger partial charge in [0.05, 0.1) is 39.3 Å². The Labute approximate surface area is 177 Å². The Morgan fingerprint density at radius 3 is 2.17 bits per heavy atom. The monoisotopic (exact) mass is 436 g/mol. The van der Waals surface area contributed by atoms with Crippen LogP contribution < -0.4 is 23.8 Å². The minimum atomic E-state index is -3.82. The van der Waals surface area contributed by atoms with E-state index in [1.165, 1.54) is 27.2 Å². The van der Waals surface area contributed by atoms with Gasteiger partial charge in [-0.05, 0) is 32.0 Å². The molecule has 2 unspecified atom stereocenters. The third kappa shape index (κ3) is 5.15. The first kappa shape index (κ1) is 23.3. The number of carbonyl (C=O) groups excluding carboxylic acids is 1. The summed E-state index contributed by atoms with van der Waals surface area (Å²) in [5, 5.41) is 2.86. The second kappa shape index (κ2) is 9.71. The molecule has 2 aromatic rings. The van der Waals surface area contributed by atoms with Gasteiger partial charge < -0.3 is 19.5 Å². The van der Waals surface area contributed by atoms with Crippen molar-refractivity contribution in [3.63, 3.8) is 0 Å². The molecule has 2 atom stereocenters. The van der Waals surface area contributed by atoms with Crippen molar-refractivity contribution in [2.45, 2.75) is 25.9 Å². The van der Waals surface area contributed by atoms with Crippen molar-refractivity contribution in [2.75, 3.05) is 31.9 Å². The molecule has 9 heteroatoms. The van der Waals surface area contributed by atoms with Gasteiger partial charge in [0.15, 0.2) is 0 Å². The third-order valence-electron chi connectivity index (χ3n) is 4.68. The Bertz CT molecular complexity index is 993. The van der Waals surface area contributed by atoms with Gasteiger partial charge in [-0.25, -0.2) is 8.42 Å². The van der Waals surface area contributed by atoms with Crippen LogP contribution in [-0.2, 0) is 14.8 Å². The van der Waals surface area contributed by atoms with Crippen LogP contribution in [0.25, 0.3) is 0 Å². The van der Waals surface area contributed by atoms with Crippen molar-refractivity contribution in [3.05, 3.63) is 48.0 Å². The summed E-state index contributed by atoms with van der Waals surface area (Å²) in [4.78, 5) is 13.0. The van der Waals surface area contributed by atoms with E-state index < -0.39 is 28.0 Å². The van der Waals surface area contributed by atoms with Gasteiger partial charge in [0.2, 0.25) is 15.9 Å². The number of hydrogen-bond acceptors (Lipinski definition) is 6. The van der Waals surface area contributed by atoms with Crippen LogP contribution in [0.3, 0.4) is 0 Å². The summed E-state index contributed by atoms with van der Waals surface area (Å²) in [6.07, 6.45) is 1.04. The molecule has 0 bridgehead atoms. The molecule has 0 radical (unpaired) electrons. The SMILES string of the molecule is COc1ccc(OC)c(N(C(C)C(=O)NC(C)c2ccccc2OC)S(C)(=O)=O)c1. The van der Waals surface area contributed by atoms with Crippen LogP contribution in [0.1, 0.15) is 25.5 Å². The first-order chi connectivity index (χ1) is 14.1. The van der Waals surface area contributed by atoms with Crippen molar-refractivity contribution in [1.29, 1.82) is 0 Å². The van der Waals surface area contributed by atoms with Crippen LogP contribution in [-0.4, -0.2) is 48.0 Å². The van der Waals surface area contributed by atoms with E-state index in [0.29, 0.717) is 17.2 Å². The lowest BCUT2D eigenvalue weighted by atomic mass is 10.1. The molecule has 8 nitrogen and oxygen atoms in total. The van der Waals surface area contributed by atoms with Crippen molar-refractivity contribution in [2.24, 2.45) is 0 Å². The van der Waals surface area contributed by atoms with Crippen molar-refractivity contribution >= 4 is 21.6 Å². The number of hydrogen-bond donors (Lipinski definition) is 1. The fourth-order valence-corrected chi connectivity index (χ4v) is 4.36. The molecule has 0 aromatic heterocycles. The van der Waals surface area contributed by atoms with Crippen LogP contribution >= 0.6 is 0 Å². The number of sulfonamides is 1. The second-order valence-corrected chi connectivity index (χ2v) is 8.60. The fourth-order valence-electron chi connectivity index (χ4n) is 3.19. The topological polar surface area (TPSA) is 94.2 Å². The van der Waals surface area contributed by atoms with Gasteiger partial charge in [-0.3, -0.25) is 9.10 Å². The van der Waals surface area contributed by atoms with Gasteiger partial charge in [-0.2, -0.15) is 0 Å². The number of anilines is 1. The summed E-state index contributed by atoms with van der Waals surface area (Å²) < 4.78 is 42.2. The summed E-state index contributed by atoms with van der Waals surface area (Å²) in [6.45, 7) is 3.32. The quantitative estimate of drug-likeness (QED) is 0.650.